The third-order valence-corrected chi connectivity index (χ3v) is 4.04. The van der Waals surface area contributed by atoms with Crippen molar-refractivity contribution in [2.45, 2.75) is 6.42 Å². The Morgan fingerprint density at radius 3 is 2.79 bits per heavy atom. The maximum Gasteiger partial charge on any atom is 0.199 e. The molecule has 120 valence electrons. The minimum Gasteiger partial charge on any atom is -0.497 e. The average molecular weight is 339 g/mol. The largest absolute Gasteiger partial charge is 0.497 e. The number of rotatable bonds is 4. The van der Waals surface area contributed by atoms with Crippen LogP contribution in [0.2, 0.25) is 0 Å². The van der Waals surface area contributed by atoms with E-state index in [1.54, 1.807) is 7.11 Å². The minimum atomic E-state index is 0.494. The van der Waals surface area contributed by atoms with Crippen molar-refractivity contribution in [1.29, 1.82) is 0 Å². The average Bonchev–Trinajstić information content (AvgIpc) is 3.22. The number of aromatic amines is 1. The van der Waals surface area contributed by atoms with Crippen LogP contribution in [-0.4, -0.2) is 32.2 Å². The number of nitrogens with zero attached hydrogens (tertiary/aromatic N) is 4. The summed E-state index contributed by atoms with van der Waals surface area (Å²) in [6, 6.07) is 13.5. The van der Waals surface area contributed by atoms with Crippen LogP contribution in [0.5, 0.6) is 5.75 Å². The summed E-state index contributed by atoms with van der Waals surface area (Å²) < 4.78 is 12.4. The van der Waals surface area contributed by atoms with Crippen LogP contribution in [0.15, 0.2) is 47.1 Å². The quantitative estimate of drug-likeness (QED) is 0.576. The number of nitrogens with one attached hydrogen (secondary N) is 1. The molecular weight excluding hydrogens is 326 g/mol. The van der Waals surface area contributed by atoms with Crippen molar-refractivity contribution in [2.75, 3.05) is 7.11 Å². The summed E-state index contributed by atoms with van der Waals surface area (Å²) in [6.07, 6.45) is 0.610. The highest BCUT2D eigenvalue weighted by atomic mass is 32.1. The number of ether oxygens (including phenoxy) is 1. The summed E-state index contributed by atoms with van der Waals surface area (Å²) in [4.78, 5) is 0. The van der Waals surface area contributed by atoms with Gasteiger partial charge in [0.25, 0.3) is 0 Å². The molecule has 0 unspecified atom stereocenters. The van der Waals surface area contributed by atoms with E-state index in [4.69, 9.17) is 21.6 Å². The smallest absolute Gasteiger partial charge is 0.199 e. The first-order valence-corrected chi connectivity index (χ1v) is 7.68. The zero-order chi connectivity index (χ0) is 16.5. The van der Waals surface area contributed by atoms with Gasteiger partial charge in [-0.05, 0) is 52.4 Å². The third kappa shape index (κ3) is 2.46. The zero-order valence-corrected chi connectivity index (χ0v) is 13.6. The fraction of sp³-hybridized carbons (Fsp3) is 0.125. The molecular formula is C16H13N5O2S. The lowest BCUT2D eigenvalue weighted by Gasteiger charge is -2.07. The van der Waals surface area contributed by atoms with Crippen molar-refractivity contribution in [3.05, 3.63) is 58.6 Å². The van der Waals surface area contributed by atoms with Crippen molar-refractivity contribution in [3.8, 4) is 11.4 Å². The van der Waals surface area contributed by atoms with Gasteiger partial charge >= 0.3 is 0 Å². The van der Waals surface area contributed by atoms with Crippen LogP contribution in [0.4, 0.5) is 0 Å². The summed E-state index contributed by atoms with van der Waals surface area (Å²) in [7, 11) is 1.65. The number of fused-ring (bicyclic) bond motifs is 1. The molecule has 1 N–H and O–H groups in total. The standard InChI is InChI=1S/C16H13N5O2S/c1-22-11-7-5-10(6-8-11)9-14-17-18-16(24)21(14)13-4-2-3-12-15(13)20-23-19-12/h2-8H,9H2,1H3,(H,18,24). The van der Waals surface area contributed by atoms with Crippen LogP contribution in [0, 0.1) is 4.77 Å². The van der Waals surface area contributed by atoms with Crippen molar-refractivity contribution < 1.29 is 9.37 Å². The van der Waals surface area contributed by atoms with Crippen LogP contribution < -0.4 is 4.74 Å². The van der Waals surface area contributed by atoms with Gasteiger partial charge < -0.3 is 4.74 Å². The number of methoxy groups -OCH3 is 1. The van der Waals surface area contributed by atoms with Gasteiger partial charge in [-0.1, -0.05) is 18.2 Å². The summed E-state index contributed by atoms with van der Waals surface area (Å²) in [6.45, 7) is 0. The van der Waals surface area contributed by atoms with E-state index in [2.05, 4.69) is 20.5 Å². The molecule has 0 radical (unpaired) electrons. The summed E-state index contributed by atoms with van der Waals surface area (Å²) >= 11 is 5.39. The summed E-state index contributed by atoms with van der Waals surface area (Å²) in [5, 5.41) is 15.1. The van der Waals surface area contributed by atoms with Gasteiger partial charge in [-0.15, -0.1) is 0 Å². The van der Waals surface area contributed by atoms with E-state index in [1.807, 2.05) is 47.0 Å². The topological polar surface area (TPSA) is 81.8 Å². The second kappa shape index (κ2) is 5.89. The second-order valence-corrected chi connectivity index (χ2v) is 5.60. The lowest BCUT2D eigenvalue weighted by Crippen LogP contribution is -2.03. The molecule has 0 bridgehead atoms. The molecule has 0 saturated heterocycles. The molecule has 0 spiro atoms. The van der Waals surface area contributed by atoms with Crippen molar-refractivity contribution in [2.24, 2.45) is 0 Å². The van der Waals surface area contributed by atoms with Gasteiger partial charge in [-0.3, -0.25) is 9.67 Å². The van der Waals surface area contributed by atoms with E-state index < -0.39 is 0 Å². The lowest BCUT2D eigenvalue weighted by molar-refractivity contribution is 0.315. The molecule has 0 saturated carbocycles. The number of hydrogen-bond donors (Lipinski definition) is 1. The first-order chi connectivity index (χ1) is 11.8. The fourth-order valence-corrected chi connectivity index (χ4v) is 2.84. The maximum absolute atomic E-state index is 5.39. The Balaban J connectivity index is 1.78. The molecule has 7 nitrogen and oxygen atoms in total. The first-order valence-electron chi connectivity index (χ1n) is 7.27. The van der Waals surface area contributed by atoms with Gasteiger partial charge in [0.15, 0.2) is 10.3 Å². The Morgan fingerprint density at radius 2 is 2.00 bits per heavy atom. The molecule has 8 heteroatoms. The minimum absolute atomic E-state index is 0.494. The Hall–Kier alpha value is -3.00. The van der Waals surface area contributed by atoms with Crippen molar-refractivity contribution in [1.82, 2.24) is 25.1 Å². The number of aromatic nitrogens is 5. The second-order valence-electron chi connectivity index (χ2n) is 5.21. The highest BCUT2D eigenvalue weighted by Gasteiger charge is 2.14. The van der Waals surface area contributed by atoms with Gasteiger partial charge in [-0.25, -0.2) is 4.63 Å². The van der Waals surface area contributed by atoms with Gasteiger partial charge in [0, 0.05) is 6.42 Å². The van der Waals surface area contributed by atoms with E-state index in [1.165, 1.54) is 0 Å². The van der Waals surface area contributed by atoms with Crippen LogP contribution in [-0.2, 0) is 6.42 Å². The van der Waals surface area contributed by atoms with Gasteiger partial charge in [0.05, 0.1) is 12.8 Å². The third-order valence-electron chi connectivity index (χ3n) is 3.77. The zero-order valence-electron chi connectivity index (χ0n) is 12.8. The van der Waals surface area contributed by atoms with Crippen molar-refractivity contribution in [3.63, 3.8) is 0 Å². The molecule has 0 fully saturated rings. The van der Waals surface area contributed by atoms with E-state index >= 15 is 0 Å². The monoisotopic (exact) mass is 339 g/mol. The highest BCUT2D eigenvalue weighted by molar-refractivity contribution is 7.71. The summed E-state index contributed by atoms with van der Waals surface area (Å²) in [5.41, 5.74) is 3.20. The van der Waals surface area contributed by atoms with Gasteiger partial charge in [0.2, 0.25) is 0 Å². The molecule has 4 rings (SSSR count). The molecule has 0 atom stereocenters. The fourth-order valence-electron chi connectivity index (χ4n) is 2.59. The molecule has 24 heavy (non-hydrogen) atoms. The normalized spacial score (nSPS) is 11.0. The lowest BCUT2D eigenvalue weighted by atomic mass is 10.1. The number of hydrogen-bond acceptors (Lipinski definition) is 6. The Kier molecular flexibility index (Phi) is 3.58. The van der Waals surface area contributed by atoms with Crippen LogP contribution in [0.25, 0.3) is 16.7 Å². The van der Waals surface area contributed by atoms with Crippen LogP contribution in [0.1, 0.15) is 11.4 Å². The van der Waals surface area contributed by atoms with E-state index in [0.717, 1.165) is 22.8 Å². The Bertz CT molecular complexity index is 1050. The SMILES string of the molecule is COc1ccc(Cc2n[nH]c(=S)n2-c2cccc3nonc23)cc1. The Labute approximate surface area is 141 Å². The van der Waals surface area contributed by atoms with Crippen molar-refractivity contribution >= 4 is 23.3 Å². The molecule has 0 aliphatic heterocycles. The highest BCUT2D eigenvalue weighted by Crippen LogP contribution is 2.22. The molecule has 2 aromatic heterocycles. The molecule has 2 aromatic carbocycles. The van der Waals surface area contributed by atoms with Crippen LogP contribution >= 0.6 is 12.2 Å². The predicted octanol–water partition coefficient (Wildman–Crippen LogP) is 3.07. The first kappa shape index (κ1) is 14.6. The molecule has 0 aliphatic carbocycles. The van der Waals surface area contributed by atoms with E-state index in [9.17, 15) is 0 Å². The Morgan fingerprint density at radius 1 is 1.17 bits per heavy atom. The maximum atomic E-state index is 5.39. The van der Waals surface area contributed by atoms with E-state index in [-0.39, 0.29) is 0 Å². The number of H-pyrrole nitrogens is 1. The molecule has 0 aliphatic rings. The predicted molar refractivity (Wildman–Crippen MR) is 89.9 cm³/mol. The van der Waals surface area contributed by atoms with Gasteiger partial charge in [0.1, 0.15) is 17.1 Å². The number of benzene rings is 2. The molecule has 2 heterocycles. The van der Waals surface area contributed by atoms with Gasteiger partial charge in [-0.2, -0.15) is 5.10 Å². The molecule has 0 amide bonds. The van der Waals surface area contributed by atoms with E-state index in [0.29, 0.717) is 22.2 Å². The summed E-state index contributed by atoms with van der Waals surface area (Å²) in [5.74, 6) is 1.59. The van der Waals surface area contributed by atoms with Crippen LogP contribution in [0.3, 0.4) is 0 Å². The molecule has 4 aromatic rings.